The molecule has 8 heteroatoms. The number of hydrogen-bond acceptors (Lipinski definition) is 2. The van der Waals surface area contributed by atoms with Crippen molar-refractivity contribution in [3.63, 3.8) is 0 Å². The van der Waals surface area contributed by atoms with Gasteiger partial charge in [-0.2, -0.15) is 13.2 Å². The number of aromatic nitrogens is 1. The zero-order chi connectivity index (χ0) is 15.8. The molecule has 0 radical (unpaired) electrons. The topological polar surface area (TPSA) is 33.1 Å². The second-order valence-electron chi connectivity index (χ2n) is 4.18. The molecule has 1 heterocycles. The van der Waals surface area contributed by atoms with E-state index in [9.17, 15) is 22.7 Å². The van der Waals surface area contributed by atoms with Gasteiger partial charge in [-0.3, -0.25) is 0 Å². The number of alkyl halides is 3. The van der Waals surface area contributed by atoms with Crippen molar-refractivity contribution in [2.75, 3.05) is 0 Å². The maximum absolute atomic E-state index is 13.3. The maximum Gasteiger partial charge on any atom is 0.433 e. The summed E-state index contributed by atoms with van der Waals surface area (Å²) >= 11 is 8.74. The third-order valence-electron chi connectivity index (χ3n) is 2.66. The van der Waals surface area contributed by atoms with E-state index in [1.54, 1.807) is 0 Å². The fraction of sp³-hybridized carbons (Fsp3) is 0.154. The minimum absolute atomic E-state index is 0.0397. The molecule has 0 fully saturated rings. The van der Waals surface area contributed by atoms with Crippen LogP contribution in [0.1, 0.15) is 22.9 Å². The first-order valence-electron chi connectivity index (χ1n) is 5.56. The third kappa shape index (κ3) is 3.72. The fourth-order valence-corrected chi connectivity index (χ4v) is 2.46. The van der Waals surface area contributed by atoms with E-state index in [1.807, 2.05) is 0 Å². The molecule has 2 rings (SSSR count). The lowest BCUT2D eigenvalue weighted by Crippen LogP contribution is -2.10. The molecule has 0 aliphatic carbocycles. The number of nitrogens with zero attached hydrogens (tertiary/aromatic N) is 1. The number of aliphatic hydroxyl groups is 1. The molecule has 0 aliphatic rings. The quantitative estimate of drug-likeness (QED) is 0.599. The normalized spacial score (nSPS) is 13.3. The Morgan fingerprint density at radius 1 is 1.19 bits per heavy atom. The molecule has 21 heavy (non-hydrogen) atoms. The molecule has 0 saturated carbocycles. The Labute approximate surface area is 130 Å². The summed E-state index contributed by atoms with van der Waals surface area (Å²) < 4.78 is 51.1. The van der Waals surface area contributed by atoms with Gasteiger partial charge >= 0.3 is 6.18 Å². The van der Waals surface area contributed by atoms with E-state index in [0.29, 0.717) is 10.5 Å². The van der Waals surface area contributed by atoms with Gasteiger partial charge in [-0.1, -0.05) is 33.6 Å². The van der Waals surface area contributed by atoms with Gasteiger partial charge in [-0.25, -0.2) is 9.37 Å². The zero-order valence-corrected chi connectivity index (χ0v) is 12.5. The van der Waals surface area contributed by atoms with E-state index in [2.05, 4.69) is 20.9 Å². The van der Waals surface area contributed by atoms with Crippen molar-refractivity contribution in [1.82, 2.24) is 4.98 Å². The molecular formula is C13H7BrClF4NO. The number of halogens is 6. The number of hydrogen-bond donors (Lipinski definition) is 1. The summed E-state index contributed by atoms with van der Waals surface area (Å²) in [5, 5.41) is 9.63. The van der Waals surface area contributed by atoms with E-state index < -0.39 is 28.9 Å². The molecule has 112 valence electrons. The Hall–Kier alpha value is -1.18. The summed E-state index contributed by atoms with van der Waals surface area (Å²) in [6.45, 7) is 0. The van der Waals surface area contributed by atoms with E-state index >= 15 is 0 Å². The van der Waals surface area contributed by atoms with Crippen LogP contribution >= 0.6 is 27.5 Å². The highest BCUT2D eigenvalue weighted by atomic mass is 79.9. The van der Waals surface area contributed by atoms with Crippen LogP contribution in [0.5, 0.6) is 0 Å². The highest BCUT2D eigenvalue weighted by Crippen LogP contribution is 2.33. The molecule has 1 aromatic carbocycles. The van der Waals surface area contributed by atoms with Gasteiger partial charge in [0.25, 0.3) is 0 Å². The van der Waals surface area contributed by atoms with Gasteiger partial charge < -0.3 is 5.11 Å². The van der Waals surface area contributed by atoms with Crippen molar-refractivity contribution in [3.05, 3.63) is 62.6 Å². The Morgan fingerprint density at radius 2 is 1.86 bits per heavy atom. The van der Waals surface area contributed by atoms with Gasteiger partial charge in [0, 0.05) is 10.0 Å². The molecular weight excluding hydrogens is 377 g/mol. The molecule has 0 bridgehead atoms. The average molecular weight is 385 g/mol. The standard InChI is InChI=1S/C13H7BrClF4NO/c14-7-3-6(4-8(16)5-7)11(21)9-1-2-10(13(17,18)19)20-12(9)15/h1-5,11,21H. The van der Waals surface area contributed by atoms with Crippen LogP contribution in [0.4, 0.5) is 17.6 Å². The van der Waals surface area contributed by atoms with Crippen LogP contribution in [0, 0.1) is 5.82 Å². The van der Waals surface area contributed by atoms with Crippen molar-refractivity contribution in [3.8, 4) is 0 Å². The maximum atomic E-state index is 13.3. The Balaban J connectivity index is 2.42. The smallest absolute Gasteiger partial charge is 0.384 e. The Bertz CT molecular complexity index is 657. The molecule has 1 N–H and O–H groups in total. The second kappa shape index (κ2) is 5.90. The minimum atomic E-state index is -4.63. The van der Waals surface area contributed by atoms with Crippen LogP contribution in [0.3, 0.4) is 0 Å². The van der Waals surface area contributed by atoms with E-state index in [1.165, 1.54) is 12.1 Å². The lowest BCUT2D eigenvalue weighted by Gasteiger charge is -2.15. The summed E-state index contributed by atoms with van der Waals surface area (Å²) in [4.78, 5) is 3.21. The number of rotatable bonds is 2. The fourth-order valence-electron chi connectivity index (χ4n) is 1.72. The van der Waals surface area contributed by atoms with Crippen LogP contribution in [-0.4, -0.2) is 10.1 Å². The minimum Gasteiger partial charge on any atom is -0.384 e. The highest BCUT2D eigenvalue weighted by Gasteiger charge is 2.33. The molecule has 1 aromatic heterocycles. The van der Waals surface area contributed by atoms with Crippen molar-refractivity contribution in [1.29, 1.82) is 0 Å². The molecule has 1 atom stereocenters. The Kier molecular flexibility index (Phi) is 4.55. The van der Waals surface area contributed by atoms with Crippen LogP contribution in [0.25, 0.3) is 0 Å². The number of pyridine rings is 1. The monoisotopic (exact) mass is 383 g/mol. The molecule has 0 spiro atoms. The predicted octanol–water partition coefficient (Wildman–Crippen LogP) is 4.74. The highest BCUT2D eigenvalue weighted by molar-refractivity contribution is 9.10. The van der Waals surface area contributed by atoms with Crippen LogP contribution in [-0.2, 0) is 6.18 Å². The molecule has 0 amide bonds. The SMILES string of the molecule is OC(c1cc(F)cc(Br)c1)c1ccc(C(F)(F)F)nc1Cl. The van der Waals surface area contributed by atoms with E-state index in [0.717, 1.165) is 12.1 Å². The van der Waals surface area contributed by atoms with Crippen LogP contribution in [0.15, 0.2) is 34.8 Å². The number of benzene rings is 1. The van der Waals surface area contributed by atoms with E-state index in [-0.39, 0.29) is 11.1 Å². The van der Waals surface area contributed by atoms with E-state index in [4.69, 9.17) is 11.6 Å². The van der Waals surface area contributed by atoms with Crippen molar-refractivity contribution >= 4 is 27.5 Å². The van der Waals surface area contributed by atoms with Crippen molar-refractivity contribution < 1.29 is 22.7 Å². The summed E-state index contributed by atoms with van der Waals surface area (Å²) in [7, 11) is 0. The predicted molar refractivity (Wildman–Crippen MR) is 72.4 cm³/mol. The molecule has 2 nitrogen and oxygen atoms in total. The molecule has 2 aromatic rings. The summed E-state index contributed by atoms with van der Waals surface area (Å²) in [5.74, 6) is -0.602. The van der Waals surface area contributed by atoms with Gasteiger partial charge in [0.2, 0.25) is 0 Å². The summed E-state index contributed by atoms with van der Waals surface area (Å²) in [6.07, 6.45) is -6.02. The number of aliphatic hydroxyl groups excluding tert-OH is 1. The van der Waals surface area contributed by atoms with Crippen LogP contribution < -0.4 is 0 Å². The molecule has 1 unspecified atom stereocenters. The van der Waals surface area contributed by atoms with Crippen LogP contribution in [0.2, 0.25) is 5.15 Å². The first-order valence-corrected chi connectivity index (χ1v) is 6.73. The van der Waals surface area contributed by atoms with Crippen molar-refractivity contribution in [2.24, 2.45) is 0 Å². The zero-order valence-electron chi connectivity index (χ0n) is 10.1. The van der Waals surface area contributed by atoms with Gasteiger partial charge in [-0.05, 0) is 29.8 Å². The van der Waals surface area contributed by atoms with Gasteiger partial charge in [0.05, 0.1) is 0 Å². The van der Waals surface area contributed by atoms with Gasteiger partial charge in [0.15, 0.2) is 0 Å². The Morgan fingerprint density at radius 3 is 2.38 bits per heavy atom. The lowest BCUT2D eigenvalue weighted by atomic mass is 10.0. The first-order chi connectivity index (χ1) is 9.68. The second-order valence-corrected chi connectivity index (χ2v) is 5.45. The largest absolute Gasteiger partial charge is 0.433 e. The molecule has 0 saturated heterocycles. The summed E-state index contributed by atoms with van der Waals surface area (Å²) in [6, 6.07) is 5.40. The van der Waals surface area contributed by atoms with Gasteiger partial charge in [0.1, 0.15) is 22.8 Å². The third-order valence-corrected chi connectivity index (χ3v) is 3.42. The molecule has 0 aliphatic heterocycles. The lowest BCUT2D eigenvalue weighted by molar-refractivity contribution is -0.141. The first kappa shape index (κ1) is 16.2. The average Bonchev–Trinajstić information content (AvgIpc) is 2.35. The summed E-state index contributed by atoms with van der Waals surface area (Å²) in [5.41, 5.74) is -1.06. The van der Waals surface area contributed by atoms with Crippen molar-refractivity contribution in [2.45, 2.75) is 12.3 Å². The van der Waals surface area contributed by atoms with Gasteiger partial charge in [-0.15, -0.1) is 0 Å².